The fourth-order valence-corrected chi connectivity index (χ4v) is 1.42. The summed E-state index contributed by atoms with van der Waals surface area (Å²) in [6, 6.07) is 0.979. The zero-order valence-corrected chi connectivity index (χ0v) is 9.15. The van der Waals surface area contributed by atoms with Gasteiger partial charge in [0.25, 0.3) is 0 Å². The Balaban J connectivity index is 3.12. The van der Waals surface area contributed by atoms with Gasteiger partial charge in [0, 0.05) is 12.0 Å². The van der Waals surface area contributed by atoms with Gasteiger partial charge in [0.05, 0.1) is 7.11 Å². The third-order valence-corrected chi connectivity index (χ3v) is 2.35. The summed E-state index contributed by atoms with van der Waals surface area (Å²) in [4.78, 5) is 10.4. The van der Waals surface area contributed by atoms with E-state index in [1.54, 1.807) is 0 Å². The minimum absolute atomic E-state index is 0.0243. The van der Waals surface area contributed by atoms with Gasteiger partial charge in [0.15, 0.2) is 11.6 Å². The molecular formula is C10H9ClF2O3. The van der Waals surface area contributed by atoms with Gasteiger partial charge >= 0.3 is 5.97 Å². The summed E-state index contributed by atoms with van der Waals surface area (Å²) in [5, 5.41) is 7.82. The first-order chi connectivity index (χ1) is 7.47. The molecule has 1 aromatic rings. The summed E-state index contributed by atoms with van der Waals surface area (Å²) in [5.74, 6) is -3.21. The van der Waals surface area contributed by atoms with Crippen LogP contribution >= 0.6 is 11.6 Å². The number of halogens is 3. The van der Waals surface area contributed by atoms with Gasteiger partial charge in [0.1, 0.15) is 10.8 Å². The molecule has 0 unspecified atom stereocenters. The highest BCUT2D eigenvalue weighted by Crippen LogP contribution is 2.31. The van der Waals surface area contributed by atoms with Gasteiger partial charge in [-0.15, -0.1) is 0 Å². The summed E-state index contributed by atoms with van der Waals surface area (Å²) in [7, 11) is 1.21. The minimum Gasteiger partial charge on any atom is -0.493 e. The second-order valence-electron chi connectivity index (χ2n) is 3.07. The van der Waals surface area contributed by atoms with Crippen LogP contribution in [0.3, 0.4) is 0 Å². The average Bonchev–Trinajstić information content (AvgIpc) is 2.23. The third-order valence-electron chi connectivity index (χ3n) is 2.01. The van der Waals surface area contributed by atoms with Crippen LogP contribution < -0.4 is 4.74 Å². The van der Waals surface area contributed by atoms with E-state index in [9.17, 15) is 13.6 Å². The molecule has 6 heteroatoms. The van der Waals surface area contributed by atoms with E-state index in [0.29, 0.717) is 0 Å². The van der Waals surface area contributed by atoms with Crippen LogP contribution in [0.15, 0.2) is 6.07 Å². The van der Waals surface area contributed by atoms with Gasteiger partial charge in [-0.05, 0) is 12.5 Å². The van der Waals surface area contributed by atoms with Crippen molar-refractivity contribution in [3.05, 3.63) is 28.3 Å². The van der Waals surface area contributed by atoms with E-state index in [4.69, 9.17) is 21.4 Å². The molecule has 0 atom stereocenters. The first-order valence-electron chi connectivity index (χ1n) is 4.39. The molecule has 3 nitrogen and oxygen atoms in total. The molecule has 0 aromatic heterocycles. The molecule has 1 N–H and O–H groups in total. The van der Waals surface area contributed by atoms with Gasteiger partial charge in [-0.3, -0.25) is 4.79 Å². The van der Waals surface area contributed by atoms with Gasteiger partial charge in [0.2, 0.25) is 0 Å². The molecule has 1 aromatic carbocycles. The van der Waals surface area contributed by atoms with E-state index in [2.05, 4.69) is 0 Å². The predicted octanol–water partition coefficient (Wildman–Crippen LogP) is 2.64. The zero-order valence-electron chi connectivity index (χ0n) is 8.39. The van der Waals surface area contributed by atoms with Crippen molar-refractivity contribution in [2.45, 2.75) is 12.8 Å². The van der Waals surface area contributed by atoms with E-state index >= 15 is 0 Å². The standard InChI is InChI=1S/C10H9ClF2O3/c1-16-10-5(2-3-7(14)15)4-6(12)8(11)9(10)13/h4H,2-3H2,1H3,(H,14,15). The van der Waals surface area contributed by atoms with Crippen molar-refractivity contribution in [2.75, 3.05) is 7.11 Å². The van der Waals surface area contributed by atoms with Crippen LogP contribution in [-0.2, 0) is 11.2 Å². The van der Waals surface area contributed by atoms with E-state index < -0.39 is 22.6 Å². The summed E-state index contributed by atoms with van der Waals surface area (Å²) in [5.41, 5.74) is 0.143. The maximum atomic E-state index is 13.4. The molecule has 88 valence electrons. The highest BCUT2D eigenvalue weighted by atomic mass is 35.5. The zero-order chi connectivity index (χ0) is 12.3. The van der Waals surface area contributed by atoms with Gasteiger partial charge in [-0.25, -0.2) is 8.78 Å². The number of carbonyl (C=O) groups is 1. The number of carboxylic acids is 1. The van der Waals surface area contributed by atoms with Crippen LogP contribution in [0.25, 0.3) is 0 Å². The summed E-state index contributed by atoms with van der Waals surface area (Å²) < 4.78 is 31.2. The number of methoxy groups -OCH3 is 1. The Hall–Kier alpha value is -1.36. The van der Waals surface area contributed by atoms with Crippen LogP contribution in [0.1, 0.15) is 12.0 Å². The summed E-state index contributed by atoms with van der Waals surface area (Å²) >= 11 is 5.35. The Morgan fingerprint density at radius 1 is 1.56 bits per heavy atom. The Morgan fingerprint density at radius 2 is 2.19 bits per heavy atom. The number of aryl methyl sites for hydroxylation is 1. The molecule has 0 aliphatic rings. The van der Waals surface area contributed by atoms with E-state index in [1.165, 1.54) is 7.11 Å². The molecule has 0 aliphatic heterocycles. The number of aliphatic carboxylic acids is 1. The minimum atomic E-state index is -1.06. The third kappa shape index (κ3) is 2.61. The van der Waals surface area contributed by atoms with E-state index in [-0.39, 0.29) is 24.2 Å². The number of hydrogen-bond acceptors (Lipinski definition) is 2. The van der Waals surface area contributed by atoms with Gasteiger partial charge in [-0.1, -0.05) is 11.6 Å². The lowest BCUT2D eigenvalue weighted by molar-refractivity contribution is -0.136. The number of hydrogen-bond donors (Lipinski definition) is 1. The molecule has 0 heterocycles. The summed E-state index contributed by atoms with van der Waals surface area (Å²) in [6.45, 7) is 0. The van der Waals surface area contributed by atoms with Crippen molar-refractivity contribution in [3.63, 3.8) is 0 Å². The highest BCUT2D eigenvalue weighted by molar-refractivity contribution is 6.31. The van der Waals surface area contributed by atoms with Crippen molar-refractivity contribution in [1.29, 1.82) is 0 Å². The second kappa shape index (κ2) is 5.12. The SMILES string of the molecule is COc1c(CCC(=O)O)cc(F)c(Cl)c1F. The first-order valence-corrected chi connectivity index (χ1v) is 4.77. The lowest BCUT2D eigenvalue weighted by Crippen LogP contribution is -2.02. The number of ether oxygens (including phenoxy) is 1. The summed E-state index contributed by atoms with van der Waals surface area (Å²) in [6.07, 6.45) is -0.264. The fourth-order valence-electron chi connectivity index (χ4n) is 1.28. The van der Waals surface area contributed by atoms with Crippen LogP contribution in [0, 0.1) is 11.6 Å². The highest BCUT2D eigenvalue weighted by Gasteiger charge is 2.18. The van der Waals surface area contributed by atoms with Crippen molar-refractivity contribution in [3.8, 4) is 5.75 Å². The molecule has 0 aliphatic carbocycles. The Morgan fingerprint density at radius 3 is 2.69 bits per heavy atom. The van der Waals surface area contributed by atoms with Crippen molar-refractivity contribution in [2.24, 2.45) is 0 Å². The van der Waals surface area contributed by atoms with Crippen LogP contribution in [0.2, 0.25) is 5.02 Å². The normalized spacial score (nSPS) is 10.2. The molecule has 0 radical (unpaired) electrons. The Bertz CT molecular complexity index is 421. The predicted molar refractivity (Wildman–Crippen MR) is 53.9 cm³/mol. The first kappa shape index (κ1) is 12.7. The van der Waals surface area contributed by atoms with Crippen LogP contribution in [-0.4, -0.2) is 18.2 Å². The quantitative estimate of drug-likeness (QED) is 0.836. The maximum absolute atomic E-state index is 13.4. The maximum Gasteiger partial charge on any atom is 0.303 e. The smallest absolute Gasteiger partial charge is 0.303 e. The average molecular weight is 251 g/mol. The lowest BCUT2D eigenvalue weighted by Gasteiger charge is -2.10. The lowest BCUT2D eigenvalue weighted by atomic mass is 10.1. The largest absolute Gasteiger partial charge is 0.493 e. The van der Waals surface area contributed by atoms with Crippen LogP contribution in [0.4, 0.5) is 8.78 Å². The van der Waals surface area contributed by atoms with E-state index in [0.717, 1.165) is 6.07 Å². The monoisotopic (exact) mass is 250 g/mol. The topological polar surface area (TPSA) is 46.5 Å². The fraction of sp³-hybridized carbons (Fsp3) is 0.300. The molecule has 0 saturated heterocycles. The van der Waals surface area contributed by atoms with Crippen molar-refractivity contribution >= 4 is 17.6 Å². The number of carboxylic acid groups (broad SMARTS) is 1. The van der Waals surface area contributed by atoms with Crippen molar-refractivity contribution < 1.29 is 23.4 Å². The molecule has 0 fully saturated rings. The Labute approximate surface area is 95.6 Å². The van der Waals surface area contributed by atoms with Gasteiger partial charge in [-0.2, -0.15) is 0 Å². The van der Waals surface area contributed by atoms with Crippen LogP contribution in [0.5, 0.6) is 5.75 Å². The molecular weight excluding hydrogens is 242 g/mol. The van der Waals surface area contributed by atoms with Gasteiger partial charge < -0.3 is 9.84 Å². The molecule has 0 saturated carbocycles. The number of rotatable bonds is 4. The molecule has 0 bridgehead atoms. The van der Waals surface area contributed by atoms with Crippen molar-refractivity contribution in [1.82, 2.24) is 0 Å². The van der Waals surface area contributed by atoms with E-state index in [1.807, 2.05) is 0 Å². The number of benzene rings is 1. The second-order valence-corrected chi connectivity index (χ2v) is 3.45. The molecule has 16 heavy (non-hydrogen) atoms. The Kier molecular flexibility index (Phi) is 4.06. The molecule has 0 spiro atoms. The molecule has 0 amide bonds. The molecule has 1 rings (SSSR count).